The van der Waals surface area contributed by atoms with E-state index in [1.165, 1.54) is 0 Å². The molecule has 0 saturated heterocycles. The Morgan fingerprint density at radius 2 is 2.15 bits per heavy atom. The van der Waals surface area contributed by atoms with Crippen LogP contribution < -0.4 is 5.32 Å². The van der Waals surface area contributed by atoms with Crippen molar-refractivity contribution in [3.05, 3.63) is 11.6 Å². The minimum atomic E-state index is -0.671. The molecule has 1 aromatic rings. The number of rotatable bonds is 7. The van der Waals surface area contributed by atoms with Crippen LogP contribution in [0.5, 0.6) is 0 Å². The van der Waals surface area contributed by atoms with Crippen molar-refractivity contribution in [2.45, 2.75) is 52.6 Å². The van der Waals surface area contributed by atoms with Gasteiger partial charge in [-0.15, -0.1) is 0 Å². The topological polar surface area (TPSA) is 69.0 Å². The molecule has 6 heteroatoms. The number of hydrogen-bond donors (Lipinski definition) is 1. The summed E-state index contributed by atoms with van der Waals surface area (Å²) in [7, 11) is 0. The maximum atomic E-state index is 12.5. The molecule has 1 aliphatic carbocycles. The molecule has 1 N–H and O–H groups in total. The highest BCUT2D eigenvalue weighted by Crippen LogP contribution is 2.41. The maximum absolute atomic E-state index is 12.5. The molecule has 0 aromatic carbocycles. The average molecular weight is 280 g/mol. The zero-order chi connectivity index (χ0) is 14.8. The molecule has 0 amide bonds. The smallest absolute Gasteiger partial charge is 0.328 e. The molecular formula is C14H24N4O2. The minimum Gasteiger partial charge on any atom is -0.465 e. The van der Waals surface area contributed by atoms with Gasteiger partial charge in [0.25, 0.3) is 0 Å². The first kappa shape index (κ1) is 15.0. The highest BCUT2D eigenvalue weighted by Gasteiger charge is 2.52. The zero-order valence-corrected chi connectivity index (χ0v) is 12.8. The first-order valence-corrected chi connectivity index (χ1v) is 7.33. The van der Waals surface area contributed by atoms with E-state index < -0.39 is 5.54 Å². The summed E-state index contributed by atoms with van der Waals surface area (Å²) in [6.07, 6.45) is 2.11. The standard InChI is InChI=1S/C14H24N4O2/c1-5-15-14(12-7-8-12,13(19)20-6-2)9-18-11(4)16-10(3)17-18/h12,15H,5-9H2,1-4H3. The number of nitrogens with one attached hydrogen (secondary N) is 1. The van der Waals surface area contributed by atoms with E-state index in [1.54, 1.807) is 0 Å². The van der Waals surface area contributed by atoms with Gasteiger partial charge in [-0.2, -0.15) is 5.10 Å². The van der Waals surface area contributed by atoms with Crippen LogP contribution in [0.15, 0.2) is 0 Å². The van der Waals surface area contributed by atoms with Gasteiger partial charge >= 0.3 is 5.97 Å². The molecule has 112 valence electrons. The second-order valence-electron chi connectivity index (χ2n) is 5.36. The number of likely N-dealkylation sites (N-methyl/N-ethyl adjacent to an activating group) is 1. The maximum Gasteiger partial charge on any atom is 0.328 e. The Morgan fingerprint density at radius 3 is 2.60 bits per heavy atom. The van der Waals surface area contributed by atoms with Crippen molar-refractivity contribution >= 4 is 5.97 Å². The molecule has 1 atom stereocenters. The number of aryl methyl sites for hydroxylation is 2. The van der Waals surface area contributed by atoms with E-state index in [2.05, 4.69) is 15.4 Å². The van der Waals surface area contributed by atoms with Crippen molar-refractivity contribution in [1.82, 2.24) is 20.1 Å². The molecule has 0 spiro atoms. The van der Waals surface area contributed by atoms with Crippen LogP contribution in [0.2, 0.25) is 0 Å². The molecule has 0 radical (unpaired) electrons. The summed E-state index contributed by atoms with van der Waals surface area (Å²) in [5.41, 5.74) is -0.671. The molecule has 1 fully saturated rings. The second-order valence-corrected chi connectivity index (χ2v) is 5.36. The summed E-state index contributed by atoms with van der Waals surface area (Å²) in [6, 6.07) is 0. The zero-order valence-electron chi connectivity index (χ0n) is 12.8. The number of carbonyl (C=O) groups is 1. The van der Waals surface area contributed by atoms with Crippen molar-refractivity contribution < 1.29 is 9.53 Å². The number of esters is 1. The van der Waals surface area contributed by atoms with E-state index in [0.29, 0.717) is 19.1 Å². The molecular weight excluding hydrogens is 256 g/mol. The largest absolute Gasteiger partial charge is 0.465 e. The van der Waals surface area contributed by atoms with E-state index in [9.17, 15) is 4.79 Å². The quantitative estimate of drug-likeness (QED) is 0.760. The van der Waals surface area contributed by atoms with Gasteiger partial charge in [-0.05, 0) is 46.1 Å². The Bertz CT molecular complexity index is 482. The van der Waals surface area contributed by atoms with Crippen molar-refractivity contribution in [2.75, 3.05) is 13.2 Å². The number of nitrogens with zero attached hydrogens (tertiary/aromatic N) is 3. The summed E-state index contributed by atoms with van der Waals surface area (Å²) < 4.78 is 7.13. The lowest BCUT2D eigenvalue weighted by molar-refractivity contribution is -0.153. The van der Waals surface area contributed by atoms with Crippen LogP contribution >= 0.6 is 0 Å². The summed E-state index contributed by atoms with van der Waals surface area (Å²) in [5.74, 6) is 1.71. The molecule has 2 rings (SSSR count). The molecule has 0 aliphatic heterocycles. The van der Waals surface area contributed by atoms with E-state index in [-0.39, 0.29) is 5.97 Å². The van der Waals surface area contributed by atoms with Gasteiger partial charge in [-0.3, -0.25) is 0 Å². The van der Waals surface area contributed by atoms with Crippen molar-refractivity contribution in [1.29, 1.82) is 0 Å². The van der Waals surface area contributed by atoms with Crippen molar-refractivity contribution in [3.8, 4) is 0 Å². The van der Waals surface area contributed by atoms with Gasteiger partial charge < -0.3 is 10.1 Å². The molecule has 1 unspecified atom stereocenters. The van der Waals surface area contributed by atoms with Crippen molar-refractivity contribution in [2.24, 2.45) is 5.92 Å². The Kier molecular flexibility index (Phi) is 4.42. The van der Waals surface area contributed by atoms with Crippen LogP contribution in [-0.2, 0) is 16.1 Å². The monoisotopic (exact) mass is 280 g/mol. The number of hydrogen-bond acceptors (Lipinski definition) is 5. The van der Waals surface area contributed by atoms with Crippen LogP contribution in [0.1, 0.15) is 38.3 Å². The van der Waals surface area contributed by atoms with Gasteiger partial charge in [0, 0.05) is 0 Å². The van der Waals surface area contributed by atoms with Crippen LogP contribution in [-0.4, -0.2) is 39.4 Å². The van der Waals surface area contributed by atoms with E-state index in [0.717, 1.165) is 31.0 Å². The number of ether oxygens (including phenoxy) is 1. The summed E-state index contributed by atoms with van der Waals surface area (Å²) in [6.45, 7) is 9.23. The third-order valence-corrected chi connectivity index (χ3v) is 3.77. The SMILES string of the molecule is CCNC(Cn1nc(C)nc1C)(C(=O)OCC)C1CC1. The van der Waals surface area contributed by atoms with E-state index in [1.807, 2.05) is 32.4 Å². The molecule has 6 nitrogen and oxygen atoms in total. The molecule has 0 bridgehead atoms. The molecule has 20 heavy (non-hydrogen) atoms. The van der Waals surface area contributed by atoms with Gasteiger partial charge in [-0.25, -0.2) is 14.5 Å². The Balaban J connectivity index is 2.29. The van der Waals surface area contributed by atoms with Gasteiger partial charge in [0.2, 0.25) is 0 Å². The Labute approximate surface area is 119 Å². The Morgan fingerprint density at radius 1 is 1.45 bits per heavy atom. The van der Waals surface area contributed by atoms with E-state index in [4.69, 9.17) is 4.74 Å². The number of aromatic nitrogens is 3. The number of carbonyl (C=O) groups excluding carboxylic acids is 1. The fourth-order valence-corrected chi connectivity index (χ4v) is 2.73. The molecule has 1 saturated carbocycles. The first-order chi connectivity index (χ1) is 9.53. The highest BCUT2D eigenvalue weighted by molar-refractivity contribution is 5.81. The van der Waals surface area contributed by atoms with E-state index >= 15 is 0 Å². The van der Waals surface area contributed by atoms with Gasteiger partial charge in [-0.1, -0.05) is 6.92 Å². The lowest BCUT2D eigenvalue weighted by Crippen LogP contribution is -2.58. The summed E-state index contributed by atoms with van der Waals surface area (Å²) in [5, 5.41) is 7.75. The lowest BCUT2D eigenvalue weighted by Gasteiger charge is -2.32. The average Bonchev–Trinajstić information content (AvgIpc) is 3.17. The highest BCUT2D eigenvalue weighted by atomic mass is 16.5. The predicted octanol–water partition coefficient (Wildman–Crippen LogP) is 1.22. The fraction of sp³-hybridized carbons (Fsp3) is 0.786. The minimum absolute atomic E-state index is 0.170. The van der Waals surface area contributed by atoms with Crippen LogP contribution in [0.3, 0.4) is 0 Å². The fourth-order valence-electron chi connectivity index (χ4n) is 2.73. The summed E-state index contributed by atoms with van der Waals surface area (Å²) in [4.78, 5) is 16.8. The third-order valence-electron chi connectivity index (χ3n) is 3.77. The van der Waals surface area contributed by atoms with Gasteiger partial charge in [0.1, 0.15) is 17.2 Å². The second kappa shape index (κ2) is 5.91. The molecule has 1 aliphatic rings. The van der Waals surface area contributed by atoms with Crippen LogP contribution in [0, 0.1) is 19.8 Å². The lowest BCUT2D eigenvalue weighted by atomic mass is 9.92. The Hall–Kier alpha value is -1.43. The predicted molar refractivity (Wildman–Crippen MR) is 75.3 cm³/mol. The van der Waals surface area contributed by atoms with Gasteiger partial charge in [0.15, 0.2) is 0 Å². The normalized spacial score (nSPS) is 17.8. The molecule has 1 heterocycles. The van der Waals surface area contributed by atoms with Crippen LogP contribution in [0.25, 0.3) is 0 Å². The molecule has 1 aromatic heterocycles. The van der Waals surface area contributed by atoms with Crippen LogP contribution in [0.4, 0.5) is 0 Å². The summed E-state index contributed by atoms with van der Waals surface area (Å²) >= 11 is 0. The third kappa shape index (κ3) is 2.85. The van der Waals surface area contributed by atoms with Gasteiger partial charge in [0.05, 0.1) is 13.2 Å². The van der Waals surface area contributed by atoms with Crippen molar-refractivity contribution in [3.63, 3.8) is 0 Å². The first-order valence-electron chi connectivity index (χ1n) is 7.33.